The van der Waals surface area contributed by atoms with Gasteiger partial charge in [-0.05, 0) is 53.9 Å². The van der Waals surface area contributed by atoms with E-state index in [1.807, 2.05) is 44.2 Å². The molecule has 0 saturated heterocycles. The first-order chi connectivity index (χ1) is 11.6. The average molecular weight is 400 g/mol. The lowest BCUT2D eigenvalue weighted by atomic mass is 10.1. The van der Waals surface area contributed by atoms with Crippen molar-refractivity contribution in [1.29, 1.82) is 0 Å². The predicted molar refractivity (Wildman–Crippen MR) is 107 cm³/mol. The predicted octanol–water partition coefficient (Wildman–Crippen LogP) is 5.95. The topological polar surface area (TPSA) is 29.1 Å². The van der Waals surface area contributed by atoms with E-state index in [4.69, 9.17) is 0 Å². The molecule has 0 bridgehead atoms. The lowest BCUT2D eigenvalue weighted by Gasteiger charge is -2.12. The Bertz CT molecular complexity index is 902. The molecule has 1 N–H and O–H groups in total. The molecule has 0 spiro atoms. The minimum Gasteiger partial charge on any atom is -0.325 e. The molecule has 1 amide bonds. The van der Waals surface area contributed by atoms with Crippen LogP contribution >= 0.6 is 27.7 Å². The quantitative estimate of drug-likeness (QED) is 0.549. The van der Waals surface area contributed by atoms with Crippen LogP contribution in [0.15, 0.2) is 64.0 Å². The zero-order valence-electron chi connectivity index (χ0n) is 13.6. The van der Waals surface area contributed by atoms with Gasteiger partial charge in [0.25, 0.3) is 0 Å². The van der Waals surface area contributed by atoms with Gasteiger partial charge in [0.05, 0.1) is 5.75 Å². The van der Waals surface area contributed by atoms with Crippen LogP contribution in [-0.2, 0) is 4.79 Å². The van der Waals surface area contributed by atoms with Crippen LogP contribution in [0.1, 0.15) is 11.1 Å². The molecule has 0 aliphatic heterocycles. The van der Waals surface area contributed by atoms with E-state index in [1.165, 1.54) is 10.8 Å². The highest BCUT2D eigenvalue weighted by Crippen LogP contribution is 2.29. The maximum atomic E-state index is 12.3. The molecule has 0 atom stereocenters. The fourth-order valence-electron chi connectivity index (χ4n) is 2.57. The number of fused-ring (bicyclic) bond motifs is 1. The molecular formula is C20H18BrNOS. The second kappa shape index (κ2) is 7.41. The van der Waals surface area contributed by atoms with Crippen molar-refractivity contribution in [2.24, 2.45) is 0 Å². The molecule has 24 heavy (non-hydrogen) atoms. The summed E-state index contributed by atoms with van der Waals surface area (Å²) in [7, 11) is 0. The maximum Gasteiger partial charge on any atom is 0.234 e. The molecule has 122 valence electrons. The molecular weight excluding hydrogens is 382 g/mol. The Morgan fingerprint density at radius 2 is 1.75 bits per heavy atom. The van der Waals surface area contributed by atoms with Crippen molar-refractivity contribution in [2.45, 2.75) is 18.7 Å². The summed E-state index contributed by atoms with van der Waals surface area (Å²) < 4.78 is 1.06. The summed E-state index contributed by atoms with van der Waals surface area (Å²) in [6.07, 6.45) is 0. The second-order valence-corrected chi connectivity index (χ2v) is 7.53. The van der Waals surface area contributed by atoms with E-state index in [0.717, 1.165) is 26.2 Å². The van der Waals surface area contributed by atoms with Gasteiger partial charge in [-0.3, -0.25) is 4.79 Å². The van der Waals surface area contributed by atoms with Crippen LogP contribution in [-0.4, -0.2) is 11.7 Å². The van der Waals surface area contributed by atoms with E-state index in [-0.39, 0.29) is 5.91 Å². The van der Waals surface area contributed by atoms with Crippen molar-refractivity contribution < 1.29 is 4.79 Å². The highest BCUT2D eigenvalue weighted by atomic mass is 79.9. The van der Waals surface area contributed by atoms with Crippen LogP contribution in [0.4, 0.5) is 5.69 Å². The third-order valence-electron chi connectivity index (χ3n) is 4.10. The summed E-state index contributed by atoms with van der Waals surface area (Å²) in [6.45, 7) is 4.06. The molecule has 4 heteroatoms. The van der Waals surface area contributed by atoms with Gasteiger partial charge in [0.2, 0.25) is 5.91 Å². The number of amides is 1. The van der Waals surface area contributed by atoms with Crippen molar-refractivity contribution in [3.05, 3.63) is 70.2 Å². The number of rotatable bonds is 4. The summed E-state index contributed by atoms with van der Waals surface area (Å²) in [5.74, 6) is 0.403. The average Bonchev–Trinajstić information content (AvgIpc) is 2.60. The molecule has 0 unspecified atom stereocenters. The molecule has 0 radical (unpaired) electrons. The van der Waals surface area contributed by atoms with E-state index in [2.05, 4.69) is 45.5 Å². The van der Waals surface area contributed by atoms with Crippen LogP contribution in [0.5, 0.6) is 0 Å². The Morgan fingerprint density at radius 3 is 2.58 bits per heavy atom. The lowest BCUT2D eigenvalue weighted by molar-refractivity contribution is -0.113. The van der Waals surface area contributed by atoms with Gasteiger partial charge in [-0.15, -0.1) is 11.8 Å². The number of carbonyl (C=O) groups is 1. The van der Waals surface area contributed by atoms with Gasteiger partial charge in [0.15, 0.2) is 0 Å². The molecule has 0 aliphatic carbocycles. The van der Waals surface area contributed by atoms with E-state index in [0.29, 0.717) is 5.75 Å². The second-order valence-electron chi connectivity index (χ2n) is 5.66. The number of halogens is 1. The SMILES string of the molecule is Cc1c(Br)ccc(NC(=O)CSc2cccc3ccccc23)c1C. The van der Waals surface area contributed by atoms with Crippen LogP contribution < -0.4 is 5.32 Å². The standard InChI is InChI=1S/C20H18BrNOS/c1-13-14(2)18(11-10-17(13)21)22-20(23)12-24-19-9-5-7-15-6-3-4-8-16(15)19/h3-11H,12H2,1-2H3,(H,22,23). The van der Waals surface area contributed by atoms with E-state index in [9.17, 15) is 4.79 Å². The van der Waals surface area contributed by atoms with Crippen molar-refractivity contribution in [1.82, 2.24) is 0 Å². The van der Waals surface area contributed by atoms with Crippen LogP contribution in [0.2, 0.25) is 0 Å². The Labute approximate surface area is 154 Å². The van der Waals surface area contributed by atoms with E-state index >= 15 is 0 Å². The van der Waals surface area contributed by atoms with Crippen LogP contribution in [0.3, 0.4) is 0 Å². The van der Waals surface area contributed by atoms with E-state index in [1.54, 1.807) is 11.8 Å². The third-order valence-corrected chi connectivity index (χ3v) is 6.04. The summed E-state index contributed by atoms with van der Waals surface area (Å²) in [5.41, 5.74) is 3.11. The highest BCUT2D eigenvalue weighted by Gasteiger charge is 2.09. The van der Waals surface area contributed by atoms with Crippen molar-refractivity contribution in [2.75, 3.05) is 11.1 Å². The highest BCUT2D eigenvalue weighted by molar-refractivity contribution is 9.10. The third kappa shape index (κ3) is 3.65. The van der Waals surface area contributed by atoms with Crippen LogP contribution in [0, 0.1) is 13.8 Å². The molecule has 0 aromatic heterocycles. The number of nitrogens with one attached hydrogen (secondary N) is 1. The molecule has 3 rings (SSSR count). The smallest absolute Gasteiger partial charge is 0.234 e. The van der Waals surface area contributed by atoms with Crippen molar-refractivity contribution in [3.8, 4) is 0 Å². The Hall–Kier alpha value is -1.78. The zero-order chi connectivity index (χ0) is 17.1. The number of anilines is 1. The zero-order valence-corrected chi connectivity index (χ0v) is 16.0. The Morgan fingerprint density at radius 1 is 1.00 bits per heavy atom. The van der Waals surface area contributed by atoms with E-state index < -0.39 is 0 Å². The summed E-state index contributed by atoms with van der Waals surface area (Å²) in [5, 5.41) is 5.40. The molecule has 2 nitrogen and oxygen atoms in total. The molecule has 0 heterocycles. The molecule has 0 saturated carbocycles. The number of thioether (sulfide) groups is 1. The minimum absolute atomic E-state index is 0.0118. The number of benzene rings is 3. The maximum absolute atomic E-state index is 12.3. The van der Waals surface area contributed by atoms with Crippen LogP contribution in [0.25, 0.3) is 10.8 Å². The summed E-state index contributed by atoms with van der Waals surface area (Å²) in [6, 6.07) is 18.3. The Kier molecular flexibility index (Phi) is 5.27. The van der Waals surface area contributed by atoms with Gasteiger partial charge in [0.1, 0.15) is 0 Å². The van der Waals surface area contributed by atoms with Gasteiger partial charge in [-0.1, -0.05) is 52.3 Å². The largest absolute Gasteiger partial charge is 0.325 e. The normalized spacial score (nSPS) is 10.8. The summed E-state index contributed by atoms with van der Waals surface area (Å²) in [4.78, 5) is 13.5. The monoisotopic (exact) mass is 399 g/mol. The molecule has 3 aromatic carbocycles. The molecule has 0 fully saturated rings. The summed E-state index contributed by atoms with van der Waals surface area (Å²) >= 11 is 5.08. The first kappa shape index (κ1) is 17.1. The van der Waals surface area contributed by atoms with Gasteiger partial charge in [-0.25, -0.2) is 0 Å². The van der Waals surface area contributed by atoms with Crippen molar-refractivity contribution in [3.63, 3.8) is 0 Å². The lowest BCUT2D eigenvalue weighted by Crippen LogP contribution is -2.15. The van der Waals surface area contributed by atoms with Gasteiger partial charge in [-0.2, -0.15) is 0 Å². The first-order valence-electron chi connectivity index (χ1n) is 7.72. The van der Waals surface area contributed by atoms with Gasteiger partial charge < -0.3 is 5.32 Å². The molecule has 0 aliphatic rings. The van der Waals surface area contributed by atoms with Gasteiger partial charge in [0, 0.05) is 15.1 Å². The Balaban J connectivity index is 1.71. The fourth-order valence-corrected chi connectivity index (χ4v) is 3.88. The van der Waals surface area contributed by atoms with Gasteiger partial charge >= 0.3 is 0 Å². The number of hydrogen-bond donors (Lipinski definition) is 1. The fraction of sp³-hybridized carbons (Fsp3) is 0.150. The van der Waals surface area contributed by atoms with Crippen molar-refractivity contribution >= 4 is 50.1 Å². The molecule has 3 aromatic rings. The first-order valence-corrected chi connectivity index (χ1v) is 9.50. The number of hydrogen-bond acceptors (Lipinski definition) is 2. The minimum atomic E-state index is 0.0118. The number of carbonyl (C=O) groups excluding carboxylic acids is 1.